The van der Waals surface area contributed by atoms with Gasteiger partial charge in [-0.1, -0.05) is 29.5 Å². The van der Waals surface area contributed by atoms with Crippen molar-refractivity contribution in [2.75, 3.05) is 51.3 Å². The largest absolute Gasteiger partial charge is 0.381 e. The van der Waals surface area contributed by atoms with Gasteiger partial charge in [0.25, 0.3) is 0 Å². The molecule has 2 fully saturated rings. The number of nitrogens with one attached hydrogen (secondary N) is 1. The van der Waals surface area contributed by atoms with Crippen molar-refractivity contribution in [3.05, 3.63) is 47.1 Å². The number of aromatic nitrogens is 2. The zero-order valence-corrected chi connectivity index (χ0v) is 19.6. The molecule has 7 heteroatoms. The van der Waals surface area contributed by atoms with E-state index in [0.29, 0.717) is 18.3 Å². The molecule has 1 atom stereocenters. The van der Waals surface area contributed by atoms with Gasteiger partial charge in [0.2, 0.25) is 0 Å². The van der Waals surface area contributed by atoms with E-state index < -0.39 is 0 Å². The molecule has 32 heavy (non-hydrogen) atoms. The highest BCUT2D eigenvalue weighted by molar-refractivity contribution is 7.17. The molecule has 1 N–H and O–H groups in total. The normalized spacial score (nSPS) is 19.5. The number of hydrogen-bond donors (Lipinski definition) is 1. The highest BCUT2D eigenvalue weighted by atomic mass is 32.1. The number of hydrogen-bond acceptors (Lipinski definition) is 6. The van der Waals surface area contributed by atoms with Gasteiger partial charge in [0.1, 0.15) is 0 Å². The fraction of sp³-hybridized carbons (Fsp3) is 0.520. The molecule has 5 rings (SSSR count). The fourth-order valence-electron chi connectivity index (χ4n) is 5.05. The zero-order chi connectivity index (χ0) is 21.9. The average molecular weight is 453 g/mol. The van der Waals surface area contributed by atoms with Crippen LogP contribution in [0.5, 0.6) is 0 Å². The summed E-state index contributed by atoms with van der Waals surface area (Å²) < 4.78 is 5.61. The van der Waals surface area contributed by atoms with Crippen LogP contribution in [-0.2, 0) is 11.2 Å². The Balaban J connectivity index is 1.31. The summed E-state index contributed by atoms with van der Waals surface area (Å²) in [5, 5.41) is 2.26. The predicted octanol–water partition coefficient (Wildman–Crippen LogP) is 4.23. The van der Waals surface area contributed by atoms with Crippen LogP contribution in [0, 0.1) is 11.8 Å². The molecule has 0 saturated carbocycles. The number of benzene rings is 1. The topological polar surface area (TPSA) is 61.5 Å². The van der Waals surface area contributed by atoms with Crippen molar-refractivity contribution in [2.24, 2.45) is 11.8 Å². The molecule has 0 aliphatic carbocycles. The number of ketones is 1. The van der Waals surface area contributed by atoms with Gasteiger partial charge in [-0.15, -0.1) is 0 Å². The monoisotopic (exact) mass is 452 g/mol. The van der Waals surface area contributed by atoms with Gasteiger partial charge in [0, 0.05) is 62.9 Å². The van der Waals surface area contributed by atoms with E-state index in [9.17, 15) is 4.79 Å². The van der Waals surface area contributed by atoms with E-state index in [1.54, 1.807) is 17.5 Å². The second-order valence-corrected chi connectivity index (χ2v) is 10.2. The van der Waals surface area contributed by atoms with Crippen LogP contribution in [0.15, 0.2) is 36.7 Å². The summed E-state index contributed by atoms with van der Waals surface area (Å²) in [7, 11) is 2.15. The lowest BCUT2D eigenvalue weighted by Gasteiger charge is -2.32. The van der Waals surface area contributed by atoms with E-state index in [-0.39, 0.29) is 5.78 Å². The van der Waals surface area contributed by atoms with Gasteiger partial charge in [0.15, 0.2) is 10.9 Å². The van der Waals surface area contributed by atoms with Crippen LogP contribution in [0.25, 0.3) is 10.9 Å². The third-order valence-electron chi connectivity index (χ3n) is 7.08. The van der Waals surface area contributed by atoms with E-state index in [0.717, 1.165) is 68.7 Å². The molecule has 4 heterocycles. The Kier molecular flexibility index (Phi) is 6.57. The molecular formula is C25H32N4O2S. The molecule has 2 saturated heterocycles. The first-order valence-corrected chi connectivity index (χ1v) is 12.5. The minimum atomic E-state index is 0.235. The van der Waals surface area contributed by atoms with E-state index in [1.807, 2.05) is 0 Å². The van der Waals surface area contributed by atoms with Gasteiger partial charge in [0.05, 0.1) is 11.1 Å². The highest BCUT2D eigenvalue weighted by Gasteiger charge is 2.28. The molecule has 2 aliphatic heterocycles. The SMILES string of the molecule is CN1CCN(c2ncc(C(=O)CC(Cc3c[nH]c4ccccc34)C3CCOCC3)s2)CC1. The number of fused-ring (bicyclic) bond motifs is 1. The number of nitrogens with zero attached hydrogens (tertiary/aromatic N) is 3. The first-order chi connectivity index (χ1) is 15.7. The van der Waals surface area contributed by atoms with E-state index in [4.69, 9.17) is 4.74 Å². The third-order valence-corrected chi connectivity index (χ3v) is 8.18. The molecule has 0 spiro atoms. The molecule has 1 aromatic carbocycles. The van der Waals surface area contributed by atoms with Gasteiger partial charge >= 0.3 is 0 Å². The summed E-state index contributed by atoms with van der Waals surface area (Å²) in [5.74, 6) is 1.07. The lowest BCUT2D eigenvalue weighted by atomic mass is 9.79. The van der Waals surface area contributed by atoms with Crippen LogP contribution in [-0.4, -0.2) is 67.1 Å². The lowest BCUT2D eigenvalue weighted by molar-refractivity contribution is 0.0439. The number of H-pyrrole nitrogens is 1. The lowest BCUT2D eigenvalue weighted by Crippen LogP contribution is -2.44. The van der Waals surface area contributed by atoms with Gasteiger partial charge in [-0.25, -0.2) is 4.98 Å². The number of likely N-dealkylation sites (N-methyl/N-ethyl adjacent to an activating group) is 1. The second kappa shape index (κ2) is 9.73. The summed E-state index contributed by atoms with van der Waals surface area (Å²) in [4.78, 5) is 26.8. The molecule has 3 aromatic rings. The quantitative estimate of drug-likeness (QED) is 0.544. The van der Waals surface area contributed by atoms with E-state index in [2.05, 4.69) is 57.3 Å². The standard InChI is InChI=1S/C25H32N4O2S/c1-28-8-10-29(11-9-28)25-27-17-24(32-25)23(30)15-19(18-6-12-31-13-7-18)14-20-16-26-22-5-3-2-4-21(20)22/h2-5,16-19,26H,6-15H2,1H3. The van der Waals surface area contributed by atoms with Gasteiger partial charge < -0.3 is 19.5 Å². The molecule has 6 nitrogen and oxygen atoms in total. The number of carbonyl (C=O) groups excluding carboxylic acids is 1. The van der Waals surface area contributed by atoms with E-state index in [1.165, 1.54) is 16.5 Å². The van der Waals surface area contributed by atoms with Crippen LogP contribution >= 0.6 is 11.3 Å². The summed E-state index contributed by atoms with van der Waals surface area (Å²) in [6.07, 6.45) is 7.50. The number of Topliss-reactive ketones (excluding diaryl/α,β-unsaturated/α-hetero) is 1. The molecule has 1 unspecified atom stereocenters. The Hall–Kier alpha value is -2.22. The fourth-order valence-corrected chi connectivity index (χ4v) is 5.97. The summed E-state index contributed by atoms with van der Waals surface area (Å²) in [6.45, 7) is 5.64. The van der Waals surface area contributed by atoms with Crippen LogP contribution in [0.4, 0.5) is 5.13 Å². The van der Waals surface area contributed by atoms with Crippen molar-refractivity contribution < 1.29 is 9.53 Å². The van der Waals surface area contributed by atoms with Gasteiger partial charge in [-0.3, -0.25) is 4.79 Å². The van der Waals surface area contributed by atoms with Crippen molar-refractivity contribution in [1.82, 2.24) is 14.9 Å². The zero-order valence-electron chi connectivity index (χ0n) is 18.8. The molecule has 2 aromatic heterocycles. The number of para-hydroxylation sites is 1. The molecule has 0 bridgehead atoms. The number of carbonyl (C=O) groups is 1. The number of thiazole rings is 1. The highest BCUT2D eigenvalue weighted by Crippen LogP contribution is 2.34. The first-order valence-electron chi connectivity index (χ1n) is 11.7. The average Bonchev–Trinajstić information content (AvgIpc) is 3.48. The molecule has 2 aliphatic rings. The Morgan fingerprint density at radius 1 is 1.22 bits per heavy atom. The number of piperazine rings is 1. The van der Waals surface area contributed by atoms with E-state index >= 15 is 0 Å². The number of anilines is 1. The summed E-state index contributed by atoms with van der Waals surface area (Å²) in [6, 6.07) is 8.44. The van der Waals surface area contributed by atoms with Crippen molar-refractivity contribution in [3.8, 4) is 0 Å². The Morgan fingerprint density at radius 3 is 2.81 bits per heavy atom. The van der Waals surface area contributed by atoms with Crippen molar-refractivity contribution in [1.29, 1.82) is 0 Å². The Labute approximate surface area is 193 Å². The summed E-state index contributed by atoms with van der Waals surface area (Å²) >= 11 is 1.56. The van der Waals surface area contributed by atoms with Crippen LogP contribution in [0.1, 0.15) is 34.5 Å². The molecule has 170 valence electrons. The third kappa shape index (κ3) is 4.75. The molecule has 0 radical (unpaired) electrons. The number of rotatable bonds is 7. The van der Waals surface area contributed by atoms with Crippen molar-refractivity contribution in [3.63, 3.8) is 0 Å². The Bertz CT molecular complexity index is 1050. The first kappa shape index (κ1) is 21.6. The minimum Gasteiger partial charge on any atom is -0.381 e. The Morgan fingerprint density at radius 2 is 2.00 bits per heavy atom. The maximum atomic E-state index is 13.3. The maximum absolute atomic E-state index is 13.3. The minimum absolute atomic E-state index is 0.235. The predicted molar refractivity (Wildman–Crippen MR) is 130 cm³/mol. The smallest absolute Gasteiger partial charge is 0.186 e. The number of ether oxygens (including phenoxy) is 1. The van der Waals surface area contributed by atoms with Crippen LogP contribution < -0.4 is 4.90 Å². The van der Waals surface area contributed by atoms with Crippen LogP contribution in [0.3, 0.4) is 0 Å². The van der Waals surface area contributed by atoms with Crippen molar-refractivity contribution in [2.45, 2.75) is 25.7 Å². The molecular weight excluding hydrogens is 420 g/mol. The van der Waals surface area contributed by atoms with Crippen molar-refractivity contribution >= 4 is 33.2 Å². The van der Waals surface area contributed by atoms with Gasteiger partial charge in [-0.05, 0) is 49.8 Å². The number of aromatic amines is 1. The molecule has 0 amide bonds. The summed E-state index contributed by atoms with van der Waals surface area (Å²) in [5.41, 5.74) is 2.48. The maximum Gasteiger partial charge on any atom is 0.186 e. The van der Waals surface area contributed by atoms with Gasteiger partial charge in [-0.2, -0.15) is 0 Å². The van der Waals surface area contributed by atoms with Crippen LogP contribution in [0.2, 0.25) is 0 Å². The second-order valence-electron chi connectivity index (χ2n) is 9.20.